The molecule has 1 unspecified atom stereocenters. The van der Waals surface area contributed by atoms with Crippen molar-refractivity contribution in [2.24, 2.45) is 0 Å². The van der Waals surface area contributed by atoms with Gasteiger partial charge in [-0.2, -0.15) is 5.10 Å². The van der Waals surface area contributed by atoms with Crippen molar-refractivity contribution in [2.45, 2.75) is 13.0 Å². The molecule has 7 nitrogen and oxygen atoms in total. The van der Waals surface area contributed by atoms with E-state index in [9.17, 15) is 4.79 Å². The standard InChI is InChI=1S/C10H11BrN6O/c1-5(9-14-4-15-17-9)16-10(18)7-2-6(11)3-13-8(7)12/h2-5H,1H3,(H2,12,13)(H,16,18)(H,14,15,17). The molecule has 1 amide bonds. The molecule has 2 aromatic rings. The largest absolute Gasteiger partial charge is 0.383 e. The first-order chi connectivity index (χ1) is 8.58. The van der Waals surface area contributed by atoms with E-state index < -0.39 is 0 Å². The summed E-state index contributed by atoms with van der Waals surface area (Å²) in [6, 6.07) is 1.32. The minimum atomic E-state index is -0.315. The van der Waals surface area contributed by atoms with Crippen LogP contribution in [0.5, 0.6) is 0 Å². The molecule has 2 aromatic heterocycles. The average molecular weight is 311 g/mol. The van der Waals surface area contributed by atoms with Gasteiger partial charge in [0.15, 0.2) is 0 Å². The van der Waals surface area contributed by atoms with Gasteiger partial charge in [0.2, 0.25) is 0 Å². The Kier molecular flexibility index (Phi) is 3.56. The summed E-state index contributed by atoms with van der Waals surface area (Å²) in [5, 5.41) is 9.16. The number of aromatic nitrogens is 4. The number of hydrogen-bond donors (Lipinski definition) is 3. The molecule has 8 heteroatoms. The van der Waals surface area contributed by atoms with E-state index in [1.54, 1.807) is 13.0 Å². The minimum absolute atomic E-state index is 0.181. The van der Waals surface area contributed by atoms with Crippen molar-refractivity contribution in [1.82, 2.24) is 25.5 Å². The van der Waals surface area contributed by atoms with Crippen LogP contribution >= 0.6 is 15.9 Å². The van der Waals surface area contributed by atoms with Gasteiger partial charge in [-0.25, -0.2) is 9.97 Å². The van der Waals surface area contributed by atoms with Crippen LogP contribution < -0.4 is 11.1 Å². The monoisotopic (exact) mass is 310 g/mol. The molecule has 0 aliphatic carbocycles. The number of nitrogens with two attached hydrogens (primary N) is 1. The number of carbonyl (C=O) groups excluding carboxylic acids is 1. The lowest BCUT2D eigenvalue weighted by Crippen LogP contribution is -2.28. The van der Waals surface area contributed by atoms with Gasteiger partial charge in [0.1, 0.15) is 18.0 Å². The summed E-state index contributed by atoms with van der Waals surface area (Å²) in [5.74, 6) is 0.440. The van der Waals surface area contributed by atoms with Gasteiger partial charge in [0.25, 0.3) is 5.91 Å². The Balaban J connectivity index is 2.15. The molecule has 0 spiro atoms. The van der Waals surface area contributed by atoms with Crippen molar-refractivity contribution in [1.29, 1.82) is 0 Å². The van der Waals surface area contributed by atoms with E-state index in [2.05, 4.69) is 41.4 Å². The van der Waals surface area contributed by atoms with Crippen molar-refractivity contribution in [3.63, 3.8) is 0 Å². The first-order valence-corrected chi connectivity index (χ1v) is 5.94. The van der Waals surface area contributed by atoms with Crippen LogP contribution in [0.3, 0.4) is 0 Å². The number of pyridine rings is 1. The van der Waals surface area contributed by atoms with E-state index in [0.29, 0.717) is 15.9 Å². The van der Waals surface area contributed by atoms with Gasteiger partial charge in [0.05, 0.1) is 11.6 Å². The van der Waals surface area contributed by atoms with Gasteiger partial charge in [-0.3, -0.25) is 9.89 Å². The Labute approximate surface area is 111 Å². The summed E-state index contributed by atoms with van der Waals surface area (Å²) < 4.78 is 0.689. The number of rotatable bonds is 3. The average Bonchev–Trinajstić information content (AvgIpc) is 2.85. The summed E-state index contributed by atoms with van der Waals surface area (Å²) in [5.41, 5.74) is 5.97. The van der Waals surface area contributed by atoms with Crippen LogP contribution in [0.4, 0.5) is 5.82 Å². The highest BCUT2D eigenvalue weighted by Gasteiger charge is 2.16. The zero-order valence-electron chi connectivity index (χ0n) is 9.51. The maximum atomic E-state index is 12.0. The number of amides is 1. The van der Waals surface area contributed by atoms with Crippen LogP contribution in [0.15, 0.2) is 23.1 Å². The first-order valence-electron chi connectivity index (χ1n) is 5.15. The van der Waals surface area contributed by atoms with Crippen LogP contribution in [-0.4, -0.2) is 26.1 Å². The fourth-order valence-corrected chi connectivity index (χ4v) is 1.73. The van der Waals surface area contributed by atoms with Crippen LogP contribution in [0.1, 0.15) is 29.1 Å². The molecule has 0 radical (unpaired) electrons. The first kappa shape index (κ1) is 12.5. The summed E-state index contributed by atoms with van der Waals surface area (Å²) in [6.07, 6.45) is 2.92. The molecule has 0 aromatic carbocycles. The lowest BCUT2D eigenvalue weighted by atomic mass is 10.2. The fraction of sp³-hybridized carbons (Fsp3) is 0.200. The maximum Gasteiger partial charge on any atom is 0.255 e. The van der Waals surface area contributed by atoms with Gasteiger partial charge in [0, 0.05) is 10.7 Å². The number of halogens is 1. The molecular weight excluding hydrogens is 300 g/mol. The molecule has 0 fully saturated rings. The Morgan fingerprint density at radius 1 is 1.56 bits per heavy atom. The Bertz CT molecular complexity index is 556. The van der Waals surface area contributed by atoms with Gasteiger partial charge >= 0.3 is 0 Å². The highest BCUT2D eigenvalue weighted by Crippen LogP contribution is 2.16. The topological polar surface area (TPSA) is 110 Å². The lowest BCUT2D eigenvalue weighted by molar-refractivity contribution is 0.0939. The van der Waals surface area contributed by atoms with E-state index in [1.807, 2.05) is 0 Å². The van der Waals surface area contributed by atoms with Crippen molar-refractivity contribution in [2.75, 3.05) is 5.73 Å². The Morgan fingerprint density at radius 3 is 3.00 bits per heavy atom. The second kappa shape index (κ2) is 5.13. The molecule has 0 aliphatic rings. The third-order valence-electron chi connectivity index (χ3n) is 2.32. The molecule has 0 bridgehead atoms. The van der Waals surface area contributed by atoms with E-state index in [0.717, 1.165) is 0 Å². The number of H-pyrrole nitrogens is 1. The van der Waals surface area contributed by atoms with Crippen molar-refractivity contribution < 1.29 is 4.79 Å². The second-order valence-corrected chi connectivity index (χ2v) is 4.57. The minimum Gasteiger partial charge on any atom is -0.383 e. The third kappa shape index (κ3) is 2.65. The van der Waals surface area contributed by atoms with E-state index >= 15 is 0 Å². The highest BCUT2D eigenvalue weighted by atomic mass is 79.9. The number of aromatic amines is 1. The van der Waals surface area contributed by atoms with Crippen molar-refractivity contribution >= 4 is 27.7 Å². The summed E-state index contributed by atoms with van der Waals surface area (Å²) in [4.78, 5) is 19.9. The molecule has 2 heterocycles. The van der Waals surface area contributed by atoms with Crippen LogP contribution in [0.2, 0.25) is 0 Å². The zero-order chi connectivity index (χ0) is 13.1. The lowest BCUT2D eigenvalue weighted by Gasteiger charge is -2.12. The van der Waals surface area contributed by atoms with Gasteiger partial charge in [-0.15, -0.1) is 0 Å². The second-order valence-electron chi connectivity index (χ2n) is 3.65. The molecule has 4 N–H and O–H groups in total. The number of carbonyl (C=O) groups is 1. The van der Waals surface area contributed by atoms with Crippen LogP contribution in [0.25, 0.3) is 0 Å². The molecule has 0 saturated carbocycles. The van der Waals surface area contributed by atoms with Gasteiger partial charge in [-0.05, 0) is 28.9 Å². The quantitative estimate of drug-likeness (QED) is 0.784. The molecular formula is C10H11BrN6O. The molecule has 1 atom stereocenters. The summed E-state index contributed by atoms with van der Waals surface area (Å²) in [6.45, 7) is 1.79. The van der Waals surface area contributed by atoms with Crippen LogP contribution in [0, 0.1) is 0 Å². The Hall–Kier alpha value is -1.96. The normalized spacial score (nSPS) is 12.1. The summed E-state index contributed by atoms with van der Waals surface area (Å²) >= 11 is 3.24. The molecule has 0 aliphatic heterocycles. The predicted molar refractivity (Wildman–Crippen MR) is 68.6 cm³/mol. The van der Waals surface area contributed by atoms with Crippen molar-refractivity contribution in [3.05, 3.63) is 34.5 Å². The van der Waals surface area contributed by atoms with Gasteiger partial charge in [-0.1, -0.05) is 0 Å². The maximum absolute atomic E-state index is 12.0. The molecule has 94 valence electrons. The number of anilines is 1. The Morgan fingerprint density at radius 2 is 2.33 bits per heavy atom. The van der Waals surface area contributed by atoms with Crippen molar-refractivity contribution in [3.8, 4) is 0 Å². The predicted octanol–water partition coefficient (Wildman–Crippen LogP) is 1.04. The number of nitrogens with zero attached hydrogens (tertiary/aromatic N) is 3. The highest BCUT2D eigenvalue weighted by molar-refractivity contribution is 9.10. The van der Waals surface area contributed by atoms with Gasteiger partial charge < -0.3 is 11.1 Å². The fourth-order valence-electron chi connectivity index (χ4n) is 1.40. The SMILES string of the molecule is CC(NC(=O)c1cc(Br)cnc1N)c1ncn[nH]1. The molecule has 2 rings (SSSR count). The molecule has 18 heavy (non-hydrogen) atoms. The van der Waals surface area contributed by atoms with E-state index in [4.69, 9.17) is 5.73 Å². The van der Waals surface area contributed by atoms with Crippen LogP contribution in [-0.2, 0) is 0 Å². The summed E-state index contributed by atoms with van der Waals surface area (Å²) in [7, 11) is 0. The number of hydrogen-bond acceptors (Lipinski definition) is 5. The zero-order valence-corrected chi connectivity index (χ0v) is 11.1. The number of nitrogen functional groups attached to an aromatic ring is 1. The van der Waals surface area contributed by atoms with E-state index in [1.165, 1.54) is 12.5 Å². The van der Waals surface area contributed by atoms with E-state index in [-0.39, 0.29) is 17.8 Å². The smallest absolute Gasteiger partial charge is 0.255 e. The number of nitrogens with one attached hydrogen (secondary N) is 2. The molecule has 0 saturated heterocycles. The third-order valence-corrected chi connectivity index (χ3v) is 2.75.